The lowest BCUT2D eigenvalue weighted by Crippen LogP contribution is -2.39. The Hall–Kier alpha value is -0.950. The van der Waals surface area contributed by atoms with Gasteiger partial charge in [0.2, 0.25) is 10.0 Å². The molecule has 0 aliphatic heterocycles. The Kier molecular flexibility index (Phi) is 3.81. The standard InChI is InChI=1S/C14H18N2O2S2/c1-15-9-13-14(11-7-2-3-8-12(11)19-13)20(17,18)16-10-5-4-6-10/h2-3,7-8,10,15-16H,4-6,9H2,1H3. The van der Waals surface area contributed by atoms with E-state index in [1.165, 1.54) is 0 Å². The third-order valence-electron chi connectivity index (χ3n) is 3.65. The van der Waals surface area contributed by atoms with E-state index in [-0.39, 0.29) is 6.04 Å². The zero-order valence-corrected chi connectivity index (χ0v) is 13.0. The van der Waals surface area contributed by atoms with Gasteiger partial charge in [-0.15, -0.1) is 11.3 Å². The number of hydrogen-bond acceptors (Lipinski definition) is 4. The lowest BCUT2D eigenvalue weighted by molar-refractivity contribution is 0.383. The summed E-state index contributed by atoms with van der Waals surface area (Å²) in [5, 5.41) is 3.89. The fourth-order valence-electron chi connectivity index (χ4n) is 2.45. The highest BCUT2D eigenvalue weighted by molar-refractivity contribution is 7.90. The molecule has 2 aromatic rings. The van der Waals surface area contributed by atoms with Gasteiger partial charge in [0, 0.05) is 27.5 Å². The van der Waals surface area contributed by atoms with Gasteiger partial charge in [-0.1, -0.05) is 24.6 Å². The number of benzene rings is 1. The minimum Gasteiger partial charge on any atom is -0.315 e. The number of nitrogens with one attached hydrogen (secondary N) is 2. The van der Waals surface area contributed by atoms with Crippen molar-refractivity contribution in [3.05, 3.63) is 29.1 Å². The molecule has 1 aliphatic rings. The molecule has 2 N–H and O–H groups in total. The van der Waals surface area contributed by atoms with Crippen LogP contribution >= 0.6 is 11.3 Å². The third-order valence-corrected chi connectivity index (χ3v) is 6.60. The van der Waals surface area contributed by atoms with Crippen LogP contribution in [0.2, 0.25) is 0 Å². The van der Waals surface area contributed by atoms with Crippen molar-refractivity contribution in [2.24, 2.45) is 0 Å². The molecule has 3 rings (SSSR count). The molecule has 0 amide bonds. The van der Waals surface area contributed by atoms with Crippen LogP contribution in [0.25, 0.3) is 10.1 Å². The average Bonchev–Trinajstić information content (AvgIpc) is 2.73. The van der Waals surface area contributed by atoms with Gasteiger partial charge in [-0.05, 0) is 26.0 Å². The normalized spacial score (nSPS) is 16.4. The highest BCUT2D eigenvalue weighted by Gasteiger charge is 2.29. The molecule has 0 atom stereocenters. The van der Waals surface area contributed by atoms with Crippen molar-refractivity contribution in [2.45, 2.75) is 36.7 Å². The van der Waals surface area contributed by atoms with Crippen molar-refractivity contribution >= 4 is 31.4 Å². The van der Waals surface area contributed by atoms with Gasteiger partial charge in [0.15, 0.2) is 0 Å². The number of fused-ring (bicyclic) bond motifs is 1. The molecule has 108 valence electrons. The Morgan fingerprint density at radius 2 is 2.05 bits per heavy atom. The molecule has 1 aromatic heterocycles. The molecule has 1 aliphatic carbocycles. The molecule has 0 bridgehead atoms. The highest BCUT2D eigenvalue weighted by atomic mass is 32.2. The van der Waals surface area contributed by atoms with Gasteiger partial charge >= 0.3 is 0 Å². The second kappa shape index (κ2) is 5.44. The maximum atomic E-state index is 12.7. The molecular weight excluding hydrogens is 292 g/mol. The minimum atomic E-state index is -3.44. The minimum absolute atomic E-state index is 0.112. The molecule has 0 spiro atoms. The van der Waals surface area contributed by atoms with Crippen LogP contribution in [0.5, 0.6) is 0 Å². The fraction of sp³-hybridized carbons (Fsp3) is 0.429. The predicted octanol–water partition coefficient (Wildman–Crippen LogP) is 2.45. The summed E-state index contributed by atoms with van der Waals surface area (Å²) in [4.78, 5) is 1.33. The van der Waals surface area contributed by atoms with Crippen molar-refractivity contribution in [1.82, 2.24) is 10.0 Å². The molecule has 1 fully saturated rings. The summed E-state index contributed by atoms with van der Waals surface area (Å²) in [5.41, 5.74) is 0. The predicted molar refractivity (Wildman–Crippen MR) is 82.5 cm³/mol. The maximum absolute atomic E-state index is 12.7. The zero-order valence-electron chi connectivity index (χ0n) is 11.3. The van der Waals surface area contributed by atoms with Crippen LogP contribution in [-0.4, -0.2) is 21.5 Å². The van der Waals surface area contributed by atoms with Gasteiger partial charge < -0.3 is 5.32 Å². The second-order valence-corrected chi connectivity index (χ2v) is 7.92. The Labute approximate surface area is 123 Å². The summed E-state index contributed by atoms with van der Waals surface area (Å²) in [6, 6.07) is 7.81. The smallest absolute Gasteiger partial charge is 0.242 e. The lowest BCUT2D eigenvalue weighted by Gasteiger charge is -2.26. The van der Waals surface area contributed by atoms with E-state index in [1.807, 2.05) is 31.3 Å². The molecule has 0 radical (unpaired) electrons. The van der Waals surface area contributed by atoms with Crippen LogP contribution in [-0.2, 0) is 16.6 Å². The molecule has 0 saturated heterocycles. The number of hydrogen-bond donors (Lipinski definition) is 2. The molecule has 1 aromatic carbocycles. The summed E-state index contributed by atoms with van der Waals surface area (Å²) in [5.74, 6) is 0. The Bertz CT molecular complexity index is 718. The number of thiophene rings is 1. The first-order chi connectivity index (χ1) is 9.62. The Balaban J connectivity index is 2.09. The number of sulfonamides is 1. The van der Waals surface area contributed by atoms with Crippen LogP contribution in [0.15, 0.2) is 29.2 Å². The maximum Gasteiger partial charge on any atom is 0.242 e. The van der Waals surface area contributed by atoms with Gasteiger partial charge in [0.1, 0.15) is 4.90 Å². The largest absolute Gasteiger partial charge is 0.315 e. The van der Waals surface area contributed by atoms with E-state index < -0.39 is 10.0 Å². The SMILES string of the molecule is CNCc1sc2ccccc2c1S(=O)(=O)NC1CCC1. The molecule has 1 saturated carbocycles. The topological polar surface area (TPSA) is 58.2 Å². The van der Waals surface area contributed by atoms with E-state index in [2.05, 4.69) is 10.0 Å². The van der Waals surface area contributed by atoms with Crippen LogP contribution in [0.3, 0.4) is 0 Å². The lowest BCUT2D eigenvalue weighted by atomic mass is 9.94. The zero-order chi connectivity index (χ0) is 14.2. The second-order valence-electron chi connectivity index (χ2n) is 5.13. The summed E-state index contributed by atoms with van der Waals surface area (Å²) in [7, 11) is -1.60. The van der Waals surface area contributed by atoms with Gasteiger partial charge in [0.25, 0.3) is 0 Å². The van der Waals surface area contributed by atoms with Crippen molar-refractivity contribution in [1.29, 1.82) is 0 Å². The molecule has 0 unspecified atom stereocenters. The Morgan fingerprint density at radius 3 is 2.70 bits per heavy atom. The van der Waals surface area contributed by atoms with Crippen LogP contribution in [0.4, 0.5) is 0 Å². The summed E-state index contributed by atoms with van der Waals surface area (Å²) in [6.07, 6.45) is 3.01. The Morgan fingerprint density at radius 1 is 1.30 bits per heavy atom. The molecule has 4 nitrogen and oxygen atoms in total. The van der Waals surface area contributed by atoms with Crippen molar-refractivity contribution in [3.8, 4) is 0 Å². The average molecular weight is 310 g/mol. The van der Waals surface area contributed by atoms with E-state index in [0.717, 1.165) is 34.2 Å². The summed E-state index contributed by atoms with van der Waals surface area (Å²) >= 11 is 1.55. The number of rotatable bonds is 5. The van der Waals surface area contributed by atoms with Gasteiger partial charge in [-0.3, -0.25) is 0 Å². The quantitative estimate of drug-likeness (QED) is 0.892. The third kappa shape index (κ3) is 2.48. The summed E-state index contributed by atoms with van der Waals surface area (Å²) < 4.78 is 29.2. The fourth-order valence-corrected chi connectivity index (χ4v) is 5.71. The van der Waals surface area contributed by atoms with E-state index in [9.17, 15) is 8.42 Å². The van der Waals surface area contributed by atoms with E-state index >= 15 is 0 Å². The van der Waals surface area contributed by atoms with Crippen LogP contribution < -0.4 is 10.0 Å². The van der Waals surface area contributed by atoms with E-state index in [1.54, 1.807) is 11.3 Å². The first-order valence-electron chi connectivity index (χ1n) is 6.79. The molecule has 1 heterocycles. The van der Waals surface area contributed by atoms with Gasteiger partial charge in [-0.25, -0.2) is 13.1 Å². The molecule has 6 heteroatoms. The summed E-state index contributed by atoms with van der Waals surface area (Å²) in [6.45, 7) is 0.570. The van der Waals surface area contributed by atoms with E-state index in [4.69, 9.17) is 0 Å². The highest BCUT2D eigenvalue weighted by Crippen LogP contribution is 2.35. The first kappa shape index (κ1) is 14.0. The molecule has 20 heavy (non-hydrogen) atoms. The van der Waals surface area contributed by atoms with Gasteiger partial charge in [0.05, 0.1) is 0 Å². The monoisotopic (exact) mass is 310 g/mol. The van der Waals surface area contributed by atoms with Crippen LogP contribution in [0, 0.1) is 0 Å². The van der Waals surface area contributed by atoms with Gasteiger partial charge in [-0.2, -0.15) is 0 Å². The van der Waals surface area contributed by atoms with E-state index in [0.29, 0.717) is 11.4 Å². The first-order valence-corrected chi connectivity index (χ1v) is 9.09. The van der Waals surface area contributed by atoms with Crippen LogP contribution in [0.1, 0.15) is 24.1 Å². The van der Waals surface area contributed by atoms with Crippen molar-refractivity contribution < 1.29 is 8.42 Å². The molecular formula is C14H18N2O2S2. The van der Waals surface area contributed by atoms with Crippen molar-refractivity contribution in [2.75, 3.05) is 7.05 Å². The van der Waals surface area contributed by atoms with Crippen molar-refractivity contribution in [3.63, 3.8) is 0 Å².